The summed E-state index contributed by atoms with van der Waals surface area (Å²) in [6.07, 6.45) is 0.425. The summed E-state index contributed by atoms with van der Waals surface area (Å²) >= 11 is 0. The Kier molecular flexibility index (Phi) is 8.01. The van der Waals surface area contributed by atoms with Gasteiger partial charge in [0.15, 0.2) is 0 Å². The van der Waals surface area contributed by atoms with Crippen LogP contribution in [0.4, 0.5) is 0 Å². The molecule has 0 atom stereocenters. The van der Waals surface area contributed by atoms with Crippen LogP contribution < -0.4 is 4.72 Å². The maximum Gasteiger partial charge on any atom is 0.214 e. The van der Waals surface area contributed by atoms with Gasteiger partial charge in [-0.1, -0.05) is 24.0 Å². The molecule has 0 saturated carbocycles. The first-order chi connectivity index (χ1) is 10.1. The molecule has 2 N–H and O–H groups in total. The number of aliphatic hydroxyl groups excluding tert-OH is 1. The van der Waals surface area contributed by atoms with Gasteiger partial charge in [-0.25, -0.2) is 13.1 Å². The number of hydrogen-bond donors (Lipinski definition) is 2. The molecule has 0 heterocycles. The van der Waals surface area contributed by atoms with E-state index in [0.717, 1.165) is 11.1 Å². The van der Waals surface area contributed by atoms with Crippen LogP contribution in [-0.2, 0) is 21.3 Å². The lowest BCUT2D eigenvalue weighted by molar-refractivity contribution is 0.163. The highest BCUT2D eigenvalue weighted by molar-refractivity contribution is 7.89. The quantitative estimate of drug-likeness (QED) is 0.552. The van der Waals surface area contributed by atoms with Crippen molar-refractivity contribution in [3.63, 3.8) is 0 Å². The van der Waals surface area contributed by atoms with Crippen molar-refractivity contribution >= 4 is 10.0 Å². The molecule has 0 amide bonds. The van der Waals surface area contributed by atoms with E-state index >= 15 is 0 Å². The summed E-state index contributed by atoms with van der Waals surface area (Å²) in [5.41, 5.74) is 1.64. The molecule has 0 saturated heterocycles. The molecule has 5 nitrogen and oxygen atoms in total. The van der Waals surface area contributed by atoms with Gasteiger partial charge in [-0.05, 0) is 24.6 Å². The fraction of sp³-hybridized carbons (Fsp3) is 0.467. The molecule has 0 unspecified atom stereocenters. The van der Waals surface area contributed by atoms with Crippen molar-refractivity contribution in [1.82, 2.24) is 4.72 Å². The Labute approximate surface area is 126 Å². The molecule has 0 aliphatic rings. The second-order valence-corrected chi connectivity index (χ2v) is 6.24. The molecule has 0 aliphatic heterocycles. The van der Waals surface area contributed by atoms with E-state index < -0.39 is 10.0 Å². The highest BCUT2D eigenvalue weighted by Crippen LogP contribution is 2.04. The third-order valence-electron chi connectivity index (χ3n) is 2.59. The molecule has 0 radical (unpaired) electrons. The third-order valence-corrected chi connectivity index (χ3v) is 3.88. The van der Waals surface area contributed by atoms with E-state index in [0.29, 0.717) is 13.0 Å². The van der Waals surface area contributed by atoms with E-state index in [2.05, 4.69) is 16.6 Å². The lowest BCUT2D eigenvalue weighted by Gasteiger charge is -2.07. The van der Waals surface area contributed by atoms with Crippen LogP contribution in [0.2, 0.25) is 0 Å². The molecule has 0 spiro atoms. The van der Waals surface area contributed by atoms with Gasteiger partial charge in [-0.3, -0.25) is 0 Å². The normalized spacial score (nSPS) is 11.0. The first-order valence-corrected chi connectivity index (χ1v) is 8.46. The zero-order valence-electron chi connectivity index (χ0n) is 12.1. The molecule has 0 fully saturated rings. The van der Waals surface area contributed by atoms with E-state index in [1.165, 1.54) is 0 Å². The summed E-state index contributed by atoms with van der Waals surface area (Å²) in [6.45, 7) is 2.78. The molecule has 1 aromatic carbocycles. The number of ether oxygens (including phenoxy) is 1. The Morgan fingerprint density at radius 1 is 1.38 bits per heavy atom. The molecule has 1 aromatic rings. The molecular weight excluding hydrogens is 290 g/mol. The number of nitrogens with one attached hydrogen (secondary N) is 1. The van der Waals surface area contributed by atoms with Crippen molar-refractivity contribution < 1.29 is 18.3 Å². The molecule has 0 aromatic heterocycles. The smallest absolute Gasteiger partial charge is 0.214 e. The van der Waals surface area contributed by atoms with Gasteiger partial charge in [-0.2, -0.15) is 0 Å². The average molecular weight is 311 g/mol. The van der Waals surface area contributed by atoms with Crippen molar-refractivity contribution in [1.29, 1.82) is 0 Å². The van der Waals surface area contributed by atoms with E-state index in [4.69, 9.17) is 9.84 Å². The van der Waals surface area contributed by atoms with Gasteiger partial charge in [-0.15, -0.1) is 0 Å². The fourth-order valence-corrected chi connectivity index (χ4v) is 2.43. The lowest BCUT2D eigenvalue weighted by Crippen LogP contribution is -2.28. The van der Waals surface area contributed by atoms with Gasteiger partial charge >= 0.3 is 0 Å². The molecule has 116 valence electrons. The standard InChI is InChI=1S/C15H21NO4S/c1-2-20-10-11-21(18,19)16-13-15-8-5-7-14(12-15)6-3-4-9-17/h5,7-8,12,16-17H,2,4,9-11,13H2,1H3. The Balaban J connectivity index is 2.56. The maximum atomic E-state index is 11.7. The lowest BCUT2D eigenvalue weighted by atomic mass is 10.1. The molecule has 21 heavy (non-hydrogen) atoms. The zero-order chi connectivity index (χ0) is 15.6. The molecular formula is C15H21NO4S. The van der Waals surface area contributed by atoms with Gasteiger partial charge < -0.3 is 9.84 Å². The Morgan fingerprint density at radius 3 is 2.90 bits per heavy atom. The minimum atomic E-state index is -3.33. The predicted molar refractivity (Wildman–Crippen MR) is 82.1 cm³/mol. The first-order valence-electron chi connectivity index (χ1n) is 6.81. The third kappa shape index (κ3) is 7.83. The van der Waals surface area contributed by atoms with Crippen LogP contribution in [0, 0.1) is 11.8 Å². The summed E-state index contributed by atoms with van der Waals surface area (Å²) in [6, 6.07) is 7.34. The van der Waals surface area contributed by atoms with Crippen LogP contribution in [-0.4, -0.2) is 39.1 Å². The zero-order valence-corrected chi connectivity index (χ0v) is 12.9. The topological polar surface area (TPSA) is 75.6 Å². The van der Waals surface area contributed by atoms with E-state index in [-0.39, 0.29) is 25.5 Å². The first kappa shape index (κ1) is 17.7. The van der Waals surface area contributed by atoms with E-state index in [1.54, 1.807) is 0 Å². The number of aliphatic hydroxyl groups is 1. The second-order valence-electron chi connectivity index (χ2n) is 4.31. The SMILES string of the molecule is CCOCCS(=O)(=O)NCc1cccc(C#CCCO)c1. The molecule has 1 rings (SSSR count). The van der Waals surface area contributed by atoms with Gasteiger partial charge in [0.1, 0.15) is 0 Å². The number of sulfonamides is 1. The van der Waals surface area contributed by atoms with Crippen LogP contribution in [0.1, 0.15) is 24.5 Å². The molecule has 0 bridgehead atoms. The highest BCUT2D eigenvalue weighted by Gasteiger charge is 2.09. The van der Waals surface area contributed by atoms with E-state index in [1.807, 2.05) is 31.2 Å². The van der Waals surface area contributed by atoms with Crippen LogP contribution >= 0.6 is 0 Å². The molecule has 0 aliphatic carbocycles. The number of hydrogen-bond acceptors (Lipinski definition) is 4. The van der Waals surface area contributed by atoms with Crippen molar-refractivity contribution in [3.05, 3.63) is 35.4 Å². The minimum Gasteiger partial charge on any atom is -0.395 e. The van der Waals surface area contributed by atoms with Crippen molar-refractivity contribution in [2.24, 2.45) is 0 Å². The highest BCUT2D eigenvalue weighted by atomic mass is 32.2. The average Bonchev–Trinajstić information content (AvgIpc) is 2.46. The van der Waals surface area contributed by atoms with Gasteiger partial charge in [0.2, 0.25) is 10.0 Å². The largest absolute Gasteiger partial charge is 0.395 e. The minimum absolute atomic E-state index is 0.0340. The van der Waals surface area contributed by atoms with Crippen LogP contribution in [0.25, 0.3) is 0 Å². The summed E-state index contributed by atoms with van der Waals surface area (Å²) in [5, 5.41) is 8.67. The maximum absolute atomic E-state index is 11.7. The predicted octanol–water partition coefficient (Wildman–Crippen LogP) is 0.876. The monoisotopic (exact) mass is 311 g/mol. The van der Waals surface area contributed by atoms with Gasteiger partial charge in [0, 0.05) is 25.1 Å². The summed E-state index contributed by atoms with van der Waals surface area (Å²) in [4.78, 5) is 0. The van der Waals surface area contributed by atoms with E-state index in [9.17, 15) is 8.42 Å². The summed E-state index contributed by atoms with van der Waals surface area (Å²) in [5.74, 6) is 5.70. The Bertz CT molecular complexity index is 587. The van der Waals surface area contributed by atoms with Crippen LogP contribution in [0.15, 0.2) is 24.3 Å². The summed E-state index contributed by atoms with van der Waals surface area (Å²) in [7, 11) is -3.33. The van der Waals surface area contributed by atoms with Crippen molar-refractivity contribution in [3.8, 4) is 11.8 Å². The van der Waals surface area contributed by atoms with Gasteiger partial charge in [0.05, 0.1) is 19.0 Å². The Hall–Kier alpha value is -1.39. The number of benzene rings is 1. The molecule has 6 heteroatoms. The van der Waals surface area contributed by atoms with Crippen molar-refractivity contribution in [2.45, 2.75) is 19.9 Å². The van der Waals surface area contributed by atoms with Crippen LogP contribution in [0.3, 0.4) is 0 Å². The van der Waals surface area contributed by atoms with Crippen LogP contribution in [0.5, 0.6) is 0 Å². The number of rotatable bonds is 8. The van der Waals surface area contributed by atoms with Gasteiger partial charge in [0.25, 0.3) is 0 Å². The summed E-state index contributed by atoms with van der Waals surface area (Å²) < 4.78 is 31.0. The van der Waals surface area contributed by atoms with Crippen molar-refractivity contribution in [2.75, 3.05) is 25.6 Å². The Morgan fingerprint density at radius 2 is 2.19 bits per heavy atom. The second kappa shape index (κ2) is 9.53. The fourth-order valence-electron chi connectivity index (χ4n) is 1.56.